The molecule has 3 nitrogen and oxygen atoms in total. The molecule has 0 saturated carbocycles. The number of anilines is 1. The molecular formula is C13H11ClF3N3. The van der Waals surface area contributed by atoms with Crippen LogP contribution in [0.15, 0.2) is 30.3 Å². The van der Waals surface area contributed by atoms with E-state index in [0.29, 0.717) is 6.54 Å². The molecule has 0 unspecified atom stereocenters. The van der Waals surface area contributed by atoms with Gasteiger partial charge in [-0.25, -0.2) is 9.97 Å². The molecule has 0 atom stereocenters. The van der Waals surface area contributed by atoms with Crippen LogP contribution in [0.25, 0.3) is 0 Å². The highest BCUT2D eigenvalue weighted by Crippen LogP contribution is 2.28. The van der Waals surface area contributed by atoms with Crippen molar-refractivity contribution in [2.24, 2.45) is 0 Å². The topological polar surface area (TPSA) is 37.8 Å². The summed E-state index contributed by atoms with van der Waals surface area (Å²) in [5.74, 6) is -1.21. The van der Waals surface area contributed by atoms with Gasteiger partial charge in [0.25, 0.3) is 0 Å². The summed E-state index contributed by atoms with van der Waals surface area (Å²) in [6.07, 6.45) is -4.62. The molecule has 7 heteroatoms. The Morgan fingerprint density at radius 3 is 2.40 bits per heavy atom. The maximum Gasteiger partial charge on any atom is 0.451 e. The van der Waals surface area contributed by atoms with Gasteiger partial charge < -0.3 is 5.32 Å². The Bertz CT molecular complexity index is 597. The summed E-state index contributed by atoms with van der Waals surface area (Å²) in [5, 5.41) is 2.55. The summed E-state index contributed by atoms with van der Waals surface area (Å²) in [7, 11) is 0. The van der Waals surface area contributed by atoms with Gasteiger partial charge in [-0.2, -0.15) is 13.2 Å². The Labute approximate surface area is 118 Å². The van der Waals surface area contributed by atoms with Crippen molar-refractivity contribution in [2.45, 2.75) is 19.6 Å². The van der Waals surface area contributed by atoms with Crippen LogP contribution >= 0.6 is 11.6 Å². The SMILES string of the molecule is Cc1ccc(CNc2cc(Cl)nc(C(F)(F)F)n2)cc1. The van der Waals surface area contributed by atoms with E-state index in [1.807, 2.05) is 31.2 Å². The summed E-state index contributed by atoms with van der Waals surface area (Å²) >= 11 is 5.57. The minimum absolute atomic E-state index is 0.0397. The van der Waals surface area contributed by atoms with Crippen LogP contribution in [0.2, 0.25) is 5.15 Å². The van der Waals surface area contributed by atoms with Gasteiger partial charge in [-0.05, 0) is 12.5 Å². The molecule has 20 heavy (non-hydrogen) atoms. The van der Waals surface area contributed by atoms with E-state index in [-0.39, 0.29) is 11.0 Å². The number of aromatic nitrogens is 2. The van der Waals surface area contributed by atoms with Crippen LogP contribution in [0.5, 0.6) is 0 Å². The summed E-state index contributed by atoms with van der Waals surface area (Å²) in [5.41, 5.74) is 2.04. The first-order chi connectivity index (χ1) is 9.34. The summed E-state index contributed by atoms with van der Waals surface area (Å²) in [6, 6.07) is 8.87. The second kappa shape index (κ2) is 5.66. The fraction of sp³-hybridized carbons (Fsp3) is 0.231. The molecule has 0 aliphatic rings. The first kappa shape index (κ1) is 14.6. The Kier molecular flexibility index (Phi) is 4.13. The minimum Gasteiger partial charge on any atom is -0.366 e. The van der Waals surface area contributed by atoms with Gasteiger partial charge in [0.15, 0.2) is 0 Å². The third kappa shape index (κ3) is 3.84. The Morgan fingerprint density at radius 1 is 1.15 bits per heavy atom. The van der Waals surface area contributed by atoms with Gasteiger partial charge in [-0.3, -0.25) is 0 Å². The van der Waals surface area contributed by atoms with Gasteiger partial charge in [0.2, 0.25) is 5.82 Å². The molecule has 0 saturated heterocycles. The van der Waals surface area contributed by atoms with Crippen LogP contribution in [0.4, 0.5) is 19.0 Å². The van der Waals surface area contributed by atoms with Crippen LogP contribution in [-0.2, 0) is 12.7 Å². The molecule has 0 aliphatic carbocycles. The zero-order valence-corrected chi connectivity index (χ0v) is 11.3. The molecule has 0 radical (unpaired) electrons. The van der Waals surface area contributed by atoms with Crippen LogP contribution < -0.4 is 5.32 Å². The van der Waals surface area contributed by atoms with Gasteiger partial charge >= 0.3 is 6.18 Å². The number of nitrogens with zero attached hydrogens (tertiary/aromatic N) is 2. The lowest BCUT2D eigenvalue weighted by Crippen LogP contribution is -2.13. The normalized spacial score (nSPS) is 11.4. The zero-order valence-electron chi connectivity index (χ0n) is 10.5. The van der Waals surface area contributed by atoms with Crippen molar-refractivity contribution in [1.29, 1.82) is 0 Å². The van der Waals surface area contributed by atoms with Crippen molar-refractivity contribution < 1.29 is 13.2 Å². The predicted molar refractivity (Wildman–Crippen MR) is 70.5 cm³/mol. The average Bonchev–Trinajstić information content (AvgIpc) is 2.36. The van der Waals surface area contributed by atoms with Crippen molar-refractivity contribution in [2.75, 3.05) is 5.32 Å². The summed E-state index contributed by atoms with van der Waals surface area (Å²) in [4.78, 5) is 6.57. The predicted octanol–water partition coefficient (Wildman–Crippen LogP) is 4.07. The van der Waals surface area contributed by atoms with E-state index in [0.717, 1.165) is 11.1 Å². The second-order valence-corrected chi connectivity index (χ2v) is 4.62. The molecule has 0 fully saturated rings. The van der Waals surface area contributed by atoms with Crippen molar-refractivity contribution in [3.8, 4) is 0 Å². The molecule has 1 aromatic heterocycles. The van der Waals surface area contributed by atoms with Gasteiger partial charge in [0.05, 0.1) is 0 Å². The number of hydrogen-bond donors (Lipinski definition) is 1. The lowest BCUT2D eigenvalue weighted by atomic mass is 10.1. The van der Waals surface area contributed by atoms with Crippen LogP contribution in [0, 0.1) is 6.92 Å². The van der Waals surface area contributed by atoms with Gasteiger partial charge in [-0.15, -0.1) is 0 Å². The highest BCUT2D eigenvalue weighted by molar-refractivity contribution is 6.29. The maximum atomic E-state index is 12.5. The maximum absolute atomic E-state index is 12.5. The molecule has 106 valence electrons. The van der Waals surface area contributed by atoms with E-state index in [2.05, 4.69) is 15.3 Å². The van der Waals surface area contributed by atoms with E-state index in [4.69, 9.17) is 11.6 Å². The number of benzene rings is 1. The first-order valence-electron chi connectivity index (χ1n) is 5.76. The largest absolute Gasteiger partial charge is 0.451 e. The number of aryl methyl sites for hydroxylation is 1. The van der Waals surface area contributed by atoms with E-state index in [9.17, 15) is 13.2 Å². The summed E-state index contributed by atoms with van der Waals surface area (Å²) in [6.45, 7) is 2.31. The lowest BCUT2D eigenvalue weighted by Gasteiger charge is -2.10. The molecule has 0 aliphatic heterocycles. The smallest absolute Gasteiger partial charge is 0.366 e. The standard InChI is InChI=1S/C13H11ClF3N3/c1-8-2-4-9(5-3-8)7-18-11-6-10(14)19-12(20-11)13(15,16)17/h2-6H,7H2,1H3,(H,18,19,20). The van der Waals surface area contributed by atoms with Gasteiger partial charge in [0, 0.05) is 12.6 Å². The lowest BCUT2D eigenvalue weighted by molar-refractivity contribution is -0.144. The van der Waals surface area contributed by atoms with Crippen LogP contribution in [0.3, 0.4) is 0 Å². The summed E-state index contributed by atoms with van der Waals surface area (Å²) < 4.78 is 37.6. The van der Waals surface area contributed by atoms with Crippen LogP contribution in [-0.4, -0.2) is 9.97 Å². The van der Waals surface area contributed by atoms with Crippen molar-refractivity contribution in [1.82, 2.24) is 9.97 Å². The Balaban J connectivity index is 2.13. The highest BCUT2D eigenvalue weighted by Gasteiger charge is 2.35. The van der Waals surface area contributed by atoms with Crippen molar-refractivity contribution in [3.05, 3.63) is 52.4 Å². The number of nitrogens with one attached hydrogen (secondary N) is 1. The molecule has 1 aromatic carbocycles. The number of halogens is 4. The fourth-order valence-electron chi connectivity index (χ4n) is 1.53. The van der Waals surface area contributed by atoms with Crippen molar-refractivity contribution in [3.63, 3.8) is 0 Å². The zero-order chi connectivity index (χ0) is 14.8. The van der Waals surface area contributed by atoms with Crippen molar-refractivity contribution >= 4 is 17.4 Å². The Hall–Kier alpha value is -1.82. The molecule has 0 amide bonds. The first-order valence-corrected chi connectivity index (χ1v) is 6.13. The van der Waals surface area contributed by atoms with E-state index < -0.39 is 12.0 Å². The molecule has 0 bridgehead atoms. The number of rotatable bonds is 3. The fourth-order valence-corrected chi connectivity index (χ4v) is 1.72. The quantitative estimate of drug-likeness (QED) is 0.868. The molecular weight excluding hydrogens is 291 g/mol. The van der Waals surface area contributed by atoms with Gasteiger partial charge in [-0.1, -0.05) is 41.4 Å². The molecule has 2 rings (SSSR count). The number of hydrogen-bond acceptors (Lipinski definition) is 3. The molecule has 1 heterocycles. The number of alkyl halides is 3. The third-order valence-electron chi connectivity index (χ3n) is 2.54. The minimum atomic E-state index is -4.62. The van der Waals surface area contributed by atoms with Crippen LogP contribution in [0.1, 0.15) is 17.0 Å². The van der Waals surface area contributed by atoms with Gasteiger partial charge in [0.1, 0.15) is 11.0 Å². The van der Waals surface area contributed by atoms with E-state index in [1.54, 1.807) is 0 Å². The van der Waals surface area contributed by atoms with E-state index >= 15 is 0 Å². The molecule has 1 N–H and O–H groups in total. The molecule has 2 aromatic rings. The third-order valence-corrected chi connectivity index (χ3v) is 2.74. The Morgan fingerprint density at radius 2 is 1.80 bits per heavy atom. The average molecular weight is 302 g/mol. The van der Waals surface area contributed by atoms with E-state index in [1.165, 1.54) is 6.07 Å². The highest BCUT2D eigenvalue weighted by atomic mass is 35.5. The molecule has 0 spiro atoms. The second-order valence-electron chi connectivity index (χ2n) is 4.24. The monoisotopic (exact) mass is 301 g/mol.